The fourth-order valence-electron chi connectivity index (χ4n) is 2.18. The van der Waals surface area contributed by atoms with Gasteiger partial charge in [-0.05, 0) is 17.5 Å². The molecule has 90 valence electrons. The number of morpholine rings is 1. The van der Waals surface area contributed by atoms with Gasteiger partial charge in [-0.3, -0.25) is 4.79 Å². The van der Waals surface area contributed by atoms with Crippen LogP contribution in [0.4, 0.5) is 0 Å². The molecule has 0 N–H and O–H groups in total. The Kier molecular flexibility index (Phi) is 2.64. The summed E-state index contributed by atoms with van der Waals surface area (Å²) in [6.45, 7) is 2.67. The number of aryl methyl sites for hydroxylation is 1. The molecule has 3 heterocycles. The lowest BCUT2D eigenvalue weighted by molar-refractivity contribution is 0.0297. The Morgan fingerprint density at radius 1 is 1.41 bits per heavy atom. The number of aromatic nitrogens is 1. The van der Waals surface area contributed by atoms with Gasteiger partial charge in [0.2, 0.25) is 0 Å². The normalized spacial score (nSPS) is 16.6. The smallest absolute Gasteiger partial charge is 0.270 e. The summed E-state index contributed by atoms with van der Waals surface area (Å²) < 4.78 is 8.41. The Hall–Kier alpha value is -1.33. The molecule has 1 fully saturated rings. The first kappa shape index (κ1) is 10.8. The predicted octanol–water partition coefficient (Wildman–Crippen LogP) is 1.71. The molecule has 4 nitrogen and oxygen atoms in total. The lowest BCUT2D eigenvalue weighted by Crippen LogP contribution is -2.41. The van der Waals surface area contributed by atoms with E-state index in [1.54, 1.807) is 11.3 Å². The van der Waals surface area contributed by atoms with Crippen LogP contribution in [0, 0.1) is 0 Å². The second-order valence-electron chi connectivity index (χ2n) is 4.16. The number of amides is 1. The van der Waals surface area contributed by atoms with Gasteiger partial charge >= 0.3 is 0 Å². The van der Waals surface area contributed by atoms with Crippen molar-refractivity contribution in [3.05, 3.63) is 23.2 Å². The van der Waals surface area contributed by atoms with Crippen molar-refractivity contribution < 1.29 is 9.53 Å². The minimum Gasteiger partial charge on any atom is -0.378 e. The van der Waals surface area contributed by atoms with Gasteiger partial charge in [0.25, 0.3) is 5.91 Å². The maximum absolute atomic E-state index is 12.3. The highest BCUT2D eigenvalue weighted by Gasteiger charge is 2.22. The first-order valence-electron chi connectivity index (χ1n) is 5.67. The molecular weight excluding hydrogens is 236 g/mol. The molecule has 0 spiro atoms. The Labute approximate surface area is 103 Å². The Morgan fingerprint density at radius 3 is 2.88 bits per heavy atom. The Bertz CT molecular complexity index is 552. The van der Waals surface area contributed by atoms with Crippen LogP contribution >= 0.6 is 11.3 Å². The van der Waals surface area contributed by atoms with Gasteiger partial charge in [0.05, 0.1) is 23.4 Å². The quantitative estimate of drug-likeness (QED) is 0.772. The number of fused-ring (bicyclic) bond motifs is 1. The van der Waals surface area contributed by atoms with Crippen molar-refractivity contribution in [3.8, 4) is 0 Å². The zero-order valence-electron chi connectivity index (χ0n) is 9.68. The van der Waals surface area contributed by atoms with E-state index in [0.717, 1.165) is 11.2 Å². The van der Waals surface area contributed by atoms with Gasteiger partial charge in [-0.15, -0.1) is 11.3 Å². The van der Waals surface area contributed by atoms with Gasteiger partial charge in [-0.1, -0.05) is 0 Å². The van der Waals surface area contributed by atoms with Gasteiger partial charge in [-0.2, -0.15) is 0 Å². The van der Waals surface area contributed by atoms with Crippen molar-refractivity contribution in [2.75, 3.05) is 26.3 Å². The molecule has 1 aliphatic heterocycles. The summed E-state index contributed by atoms with van der Waals surface area (Å²) >= 11 is 1.67. The fraction of sp³-hybridized carbons (Fsp3) is 0.417. The van der Waals surface area contributed by atoms with Crippen molar-refractivity contribution in [2.24, 2.45) is 7.05 Å². The van der Waals surface area contributed by atoms with Crippen LogP contribution in [-0.2, 0) is 11.8 Å². The minimum absolute atomic E-state index is 0.110. The van der Waals surface area contributed by atoms with Gasteiger partial charge in [0.1, 0.15) is 5.69 Å². The van der Waals surface area contributed by atoms with Crippen LogP contribution in [0.3, 0.4) is 0 Å². The van der Waals surface area contributed by atoms with E-state index in [4.69, 9.17) is 4.74 Å². The highest BCUT2D eigenvalue weighted by atomic mass is 32.1. The molecule has 5 heteroatoms. The third-order valence-electron chi connectivity index (χ3n) is 3.18. The van der Waals surface area contributed by atoms with Crippen LogP contribution in [0.25, 0.3) is 10.2 Å². The SMILES string of the molecule is Cn1c(C(=O)N2CCOCC2)cc2sccc21. The van der Waals surface area contributed by atoms with E-state index in [-0.39, 0.29) is 5.91 Å². The number of hydrogen-bond acceptors (Lipinski definition) is 3. The van der Waals surface area contributed by atoms with E-state index < -0.39 is 0 Å². The van der Waals surface area contributed by atoms with E-state index >= 15 is 0 Å². The predicted molar refractivity (Wildman–Crippen MR) is 67.5 cm³/mol. The molecular formula is C12H14N2O2S. The maximum atomic E-state index is 12.3. The molecule has 0 bridgehead atoms. The highest BCUT2D eigenvalue weighted by molar-refractivity contribution is 7.17. The average Bonchev–Trinajstić information content (AvgIpc) is 2.93. The van der Waals surface area contributed by atoms with Crippen molar-refractivity contribution in [1.29, 1.82) is 0 Å². The van der Waals surface area contributed by atoms with E-state index in [9.17, 15) is 4.79 Å². The summed E-state index contributed by atoms with van der Waals surface area (Å²) in [6, 6.07) is 4.04. The number of carbonyl (C=O) groups is 1. The fourth-order valence-corrected chi connectivity index (χ4v) is 3.03. The second kappa shape index (κ2) is 4.16. The third-order valence-corrected chi connectivity index (χ3v) is 4.03. The number of rotatable bonds is 1. The highest BCUT2D eigenvalue weighted by Crippen LogP contribution is 2.25. The standard InChI is InChI=1S/C12H14N2O2S/c1-13-9-2-7-17-11(9)8-10(13)12(15)14-3-5-16-6-4-14/h2,7-8H,3-6H2,1H3. The number of carbonyl (C=O) groups excluding carboxylic acids is 1. The average molecular weight is 250 g/mol. The van der Waals surface area contributed by atoms with Crippen LogP contribution < -0.4 is 0 Å². The molecule has 17 heavy (non-hydrogen) atoms. The van der Waals surface area contributed by atoms with Crippen molar-refractivity contribution in [3.63, 3.8) is 0 Å². The van der Waals surface area contributed by atoms with E-state index in [1.165, 1.54) is 4.70 Å². The second-order valence-corrected chi connectivity index (χ2v) is 5.11. The molecule has 0 radical (unpaired) electrons. The molecule has 0 unspecified atom stereocenters. The molecule has 1 saturated heterocycles. The Balaban J connectivity index is 1.94. The first-order chi connectivity index (χ1) is 8.27. The van der Waals surface area contributed by atoms with E-state index in [0.29, 0.717) is 26.3 Å². The van der Waals surface area contributed by atoms with Crippen molar-refractivity contribution in [1.82, 2.24) is 9.47 Å². The number of thiophene rings is 1. The van der Waals surface area contributed by atoms with E-state index in [2.05, 4.69) is 6.07 Å². The molecule has 0 saturated carbocycles. The topological polar surface area (TPSA) is 34.5 Å². The first-order valence-corrected chi connectivity index (χ1v) is 6.55. The summed E-state index contributed by atoms with van der Waals surface area (Å²) in [5.74, 6) is 0.110. The van der Waals surface area contributed by atoms with Gasteiger partial charge in [0.15, 0.2) is 0 Å². The van der Waals surface area contributed by atoms with Crippen LogP contribution in [0.1, 0.15) is 10.5 Å². The number of nitrogens with zero attached hydrogens (tertiary/aromatic N) is 2. The van der Waals surface area contributed by atoms with Crippen LogP contribution in [0.15, 0.2) is 17.5 Å². The summed E-state index contributed by atoms with van der Waals surface area (Å²) in [4.78, 5) is 14.2. The number of ether oxygens (including phenoxy) is 1. The van der Waals surface area contributed by atoms with E-state index in [1.807, 2.05) is 28.0 Å². The van der Waals surface area contributed by atoms with Gasteiger partial charge < -0.3 is 14.2 Å². The molecule has 0 aromatic carbocycles. The molecule has 1 aliphatic rings. The zero-order valence-corrected chi connectivity index (χ0v) is 10.5. The van der Waals surface area contributed by atoms with Gasteiger partial charge in [-0.25, -0.2) is 0 Å². The largest absolute Gasteiger partial charge is 0.378 e. The van der Waals surface area contributed by atoms with Crippen LogP contribution in [0.2, 0.25) is 0 Å². The monoisotopic (exact) mass is 250 g/mol. The summed E-state index contributed by atoms with van der Waals surface area (Å²) in [6.07, 6.45) is 0. The molecule has 2 aromatic heterocycles. The lowest BCUT2D eigenvalue weighted by Gasteiger charge is -2.26. The number of hydrogen-bond donors (Lipinski definition) is 0. The summed E-state index contributed by atoms with van der Waals surface area (Å²) in [7, 11) is 1.95. The molecule has 1 amide bonds. The van der Waals surface area contributed by atoms with Crippen molar-refractivity contribution in [2.45, 2.75) is 0 Å². The molecule has 2 aromatic rings. The summed E-state index contributed by atoms with van der Waals surface area (Å²) in [5, 5.41) is 2.05. The summed E-state index contributed by atoms with van der Waals surface area (Å²) in [5.41, 5.74) is 1.90. The molecule has 0 atom stereocenters. The molecule has 3 rings (SSSR count). The zero-order chi connectivity index (χ0) is 11.8. The van der Waals surface area contributed by atoms with Crippen LogP contribution in [-0.4, -0.2) is 41.7 Å². The third kappa shape index (κ3) is 1.75. The molecule has 0 aliphatic carbocycles. The maximum Gasteiger partial charge on any atom is 0.270 e. The van der Waals surface area contributed by atoms with Gasteiger partial charge in [0, 0.05) is 20.1 Å². The lowest BCUT2D eigenvalue weighted by atomic mass is 10.3. The van der Waals surface area contributed by atoms with Crippen LogP contribution in [0.5, 0.6) is 0 Å². The van der Waals surface area contributed by atoms with Crippen molar-refractivity contribution >= 4 is 27.5 Å². The minimum atomic E-state index is 0.110. The Morgan fingerprint density at radius 2 is 2.18 bits per heavy atom.